The molecule has 4 nitrogen and oxygen atoms in total. The number of rotatable bonds is 3. The summed E-state index contributed by atoms with van der Waals surface area (Å²) in [6, 6.07) is 6.64. The fraction of sp³-hybridized carbons (Fsp3) is 0.167. The molecule has 1 aliphatic rings. The number of benzene rings is 1. The van der Waals surface area contributed by atoms with Crippen LogP contribution in [0.5, 0.6) is 0 Å². The average Bonchev–Trinajstić information content (AvgIpc) is 2.55. The van der Waals surface area contributed by atoms with Gasteiger partial charge in [-0.25, -0.2) is 0 Å². The first kappa shape index (κ1) is 10.6. The highest BCUT2D eigenvalue weighted by Gasteiger charge is 2.37. The van der Waals surface area contributed by atoms with Crippen LogP contribution in [0.15, 0.2) is 36.9 Å². The molecular formula is C12H11NO3. The second-order valence-electron chi connectivity index (χ2n) is 3.50. The van der Waals surface area contributed by atoms with Gasteiger partial charge in [0.15, 0.2) is 0 Å². The van der Waals surface area contributed by atoms with Gasteiger partial charge >= 0.3 is 0 Å². The predicted octanol–water partition coefficient (Wildman–Crippen LogP) is 1.79. The van der Waals surface area contributed by atoms with Gasteiger partial charge in [-0.05, 0) is 19.1 Å². The van der Waals surface area contributed by atoms with E-state index in [-0.39, 0.29) is 6.10 Å². The molecule has 2 amide bonds. The number of hydroxylamine groups is 2. The Morgan fingerprint density at radius 2 is 1.75 bits per heavy atom. The number of amides is 2. The lowest BCUT2D eigenvalue weighted by atomic mass is 10.1. The van der Waals surface area contributed by atoms with Crippen molar-refractivity contribution in [2.24, 2.45) is 0 Å². The predicted molar refractivity (Wildman–Crippen MR) is 57.7 cm³/mol. The smallest absolute Gasteiger partial charge is 0.266 e. The third-order valence-electron chi connectivity index (χ3n) is 2.36. The van der Waals surface area contributed by atoms with Gasteiger partial charge in [0.25, 0.3) is 11.8 Å². The van der Waals surface area contributed by atoms with Gasteiger partial charge in [-0.3, -0.25) is 14.4 Å². The molecule has 4 heteroatoms. The number of nitrogens with zero attached hydrogens (tertiary/aromatic N) is 1. The first-order valence-corrected chi connectivity index (χ1v) is 4.92. The van der Waals surface area contributed by atoms with Gasteiger partial charge in [-0.15, -0.1) is 11.6 Å². The number of hydrogen-bond donors (Lipinski definition) is 0. The molecule has 82 valence electrons. The van der Waals surface area contributed by atoms with E-state index in [2.05, 4.69) is 6.58 Å². The van der Waals surface area contributed by atoms with Crippen molar-refractivity contribution in [3.05, 3.63) is 48.0 Å². The van der Waals surface area contributed by atoms with Crippen LogP contribution in [0.3, 0.4) is 0 Å². The maximum atomic E-state index is 11.8. The van der Waals surface area contributed by atoms with Gasteiger partial charge in [0.1, 0.15) is 6.10 Å². The lowest BCUT2D eigenvalue weighted by molar-refractivity contribution is -0.111. The monoisotopic (exact) mass is 217 g/mol. The quantitative estimate of drug-likeness (QED) is 0.572. The van der Waals surface area contributed by atoms with E-state index in [0.29, 0.717) is 11.1 Å². The average molecular weight is 217 g/mol. The summed E-state index contributed by atoms with van der Waals surface area (Å²) in [5, 5.41) is 0.789. The number of carbonyl (C=O) groups excluding carboxylic acids is 2. The Labute approximate surface area is 93.1 Å². The van der Waals surface area contributed by atoms with Gasteiger partial charge < -0.3 is 0 Å². The molecule has 0 fully saturated rings. The molecule has 2 rings (SSSR count). The Kier molecular flexibility index (Phi) is 2.58. The Balaban J connectivity index is 2.31. The van der Waals surface area contributed by atoms with Crippen molar-refractivity contribution < 1.29 is 14.4 Å². The van der Waals surface area contributed by atoms with E-state index in [1.54, 1.807) is 31.2 Å². The summed E-state index contributed by atoms with van der Waals surface area (Å²) in [6.07, 6.45) is 1.13. The Morgan fingerprint density at radius 1 is 1.25 bits per heavy atom. The van der Waals surface area contributed by atoms with E-state index < -0.39 is 11.8 Å². The molecule has 0 aromatic heterocycles. The van der Waals surface area contributed by atoms with Crippen LogP contribution in [0, 0.1) is 0 Å². The molecule has 0 N–H and O–H groups in total. The summed E-state index contributed by atoms with van der Waals surface area (Å²) in [5.74, 6) is -0.844. The molecule has 1 atom stereocenters. The minimum Gasteiger partial charge on any atom is -0.266 e. The zero-order chi connectivity index (χ0) is 11.7. The summed E-state index contributed by atoms with van der Waals surface area (Å²) < 4.78 is 0. The van der Waals surface area contributed by atoms with Gasteiger partial charge in [-0.1, -0.05) is 18.2 Å². The van der Waals surface area contributed by atoms with Crippen LogP contribution in [-0.4, -0.2) is 23.0 Å². The second-order valence-corrected chi connectivity index (χ2v) is 3.50. The molecule has 1 aromatic carbocycles. The third kappa shape index (κ3) is 1.53. The van der Waals surface area contributed by atoms with Crippen molar-refractivity contribution in [2.75, 3.05) is 0 Å². The van der Waals surface area contributed by atoms with Crippen LogP contribution in [0.2, 0.25) is 0 Å². The molecule has 0 radical (unpaired) electrons. The summed E-state index contributed by atoms with van der Waals surface area (Å²) in [4.78, 5) is 28.8. The van der Waals surface area contributed by atoms with Gasteiger partial charge in [0.2, 0.25) is 0 Å². The first-order chi connectivity index (χ1) is 7.65. The van der Waals surface area contributed by atoms with Crippen molar-refractivity contribution in [1.29, 1.82) is 0 Å². The molecule has 0 bridgehead atoms. The zero-order valence-corrected chi connectivity index (χ0v) is 8.84. The topological polar surface area (TPSA) is 46.6 Å². The van der Waals surface area contributed by atoms with Crippen LogP contribution in [-0.2, 0) is 4.84 Å². The standard InChI is InChI=1S/C12H11NO3/c1-3-8(2)16-13-11(14)9-6-4-5-7-10(9)12(13)15/h3-8H,1H2,2H3/t8-/m0/s1. The van der Waals surface area contributed by atoms with Gasteiger partial charge in [-0.2, -0.15) is 0 Å². The Morgan fingerprint density at radius 3 is 2.19 bits per heavy atom. The van der Waals surface area contributed by atoms with Crippen LogP contribution < -0.4 is 0 Å². The SMILES string of the molecule is C=C[C@H](C)ON1C(=O)c2ccccc2C1=O. The van der Waals surface area contributed by atoms with Crippen molar-refractivity contribution in [3.63, 3.8) is 0 Å². The zero-order valence-electron chi connectivity index (χ0n) is 8.84. The molecule has 0 saturated heterocycles. The largest absolute Gasteiger partial charge is 0.285 e. The molecule has 0 saturated carbocycles. The summed E-state index contributed by atoms with van der Waals surface area (Å²) >= 11 is 0. The highest BCUT2D eigenvalue weighted by molar-refractivity contribution is 6.20. The molecule has 0 spiro atoms. The van der Waals surface area contributed by atoms with Gasteiger partial charge in [0.05, 0.1) is 11.1 Å². The molecule has 0 aliphatic carbocycles. The molecular weight excluding hydrogens is 206 g/mol. The van der Waals surface area contributed by atoms with Gasteiger partial charge in [0, 0.05) is 0 Å². The van der Waals surface area contributed by atoms with Crippen molar-refractivity contribution in [1.82, 2.24) is 5.06 Å². The van der Waals surface area contributed by atoms with E-state index in [1.807, 2.05) is 0 Å². The van der Waals surface area contributed by atoms with Crippen LogP contribution in [0.25, 0.3) is 0 Å². The Hall–Kier alpha value is -1.94. The number of imide groups is 1. The molecule has 1 aliphatic heterocycles. The third-order valence-corrected chi connectivity index (χ3v) is 2.36. The summed E-state index contributed by atoms with van der Waals surface area (Å²) in [5.41, 5.74) is 0.757. The maximum Gasteiger partial charge on any atom is 0.285 e. The first-order valence-electron chi connectivity index (χ1n) is 4.92. The summed E-state index contributed by atoms with van der Waals surface area (Å²) in [6.45, 7) is 5.23. The van der Waals surface area contributed by atoms with Crippen molar-refractivity contribution in [2.45, 2.75) is 13.0 Å². The number of carbonyl (C=O) groups is 2. The van der Waals surface area contributed by atoms with E-state index in [0.717, 1.165) is 5.06 Å². The van der Waals surface area contributed by atoms with E-state index >= 15 is 0 Å². The van der Waals surface area contributed by atoms with Crippen LogP contribution in [0.4, 0.5) is 0 Å². The van der Waals surface area contributed by atoms with Crippen molar-refractivity contribution in [3.8, 4) is 0 Å². The molecule has 16 heavy (non-hydrogen) atoms. The fourth-order valence-electron chi connectivity index (χ4n) is 1.47. The lowest BCUT2D eigenvalue weighted by Crippen LogP contribution is -2.32. The number of hydrogen-bond acceptors (Lipinski definition) is 3. The number of fused-ring (bicyclic) bond motifs is 1. The highest BCUT2D eigenvalue weighted by atomic mass is 16.7. The molecule has 0 unspecified atom stereocenters. The van der Waals surface area contributed by atoms with Crippen LogP contribution in [0.1, 0.15) is 27.6 Å². The molecule has 1 aromatic rings. The maximum absolute atomic E-state index is 11.8. The Bertz CT molecular complexity index is 432. The summed E-state index contributed by atoms with van der Waals surface area (Å²) in [7, 11) is 0. The van der Waals surface area contributed by atoms with E-state index in [4.69, 9.17) is 4.84 Å². The molecule has 1 heterocycles. The van der Waals surface area contributed by atoms with Crippen molar-refractivity contribution >= 4 is 11.8 Å². The van der Waals surface area contributed by atoms with Crippen LogP contribution >= 0.6 is 0 Å². The normalized spacial score (nSPS) is 16.2. The van der Waals surface area contributed by atoms with E-state index in [9.17, 15) is 9.59 Å². The second kappa shape index (κ2) is 3.90. The highest BCUT2D eigenvalue weighted by Crippen LogP contribution is 2.23. The van der Waals surface area contributed by atoms with E-state index in [1.165, 1.54) is 6.08 Å². The lowest BCUT2D eigenvalue weighted by Gasteiger charge is -2.16. The fourth-order valence-corrected chi connectivity index (χ4v) is 1.47. The minimum absolute atomic E-state index is 0.378. The minimum atomic E-state index is -0.422.